The molecule has 33 heavy (non-hydrogen) atoms. The SMILES string of the molecule is CC(C)C(NC(=O)CSc1nnc(Nc2cccc(F)c2)s1)c1ccc2c(c1)OCCCO2. The maximum atomic E-state index is 13.3. The van der Waals surface area contributed by atoms with E-state index in [4.69, 9.17) is 9.47 Å². The average molecular weight is 489 g/mol. The monoisotopic (exact) mass is 488 g/mol. The molecule has 1 aliphatic rings. The number of hydrogen-bond acceptors (Lipinski definition) is 8. The largest absolute Gasteiger partial charge is 0.490 e. The second-order valence-electron chi connectivity index (χ2n) is 7.84. The number of anilines is 2. The Hall–Kier alpha value is -2.85. The summed E-state index contributed by atoms with van der Waals surface area (Å²) in [5, 5.41) is 14.8. The molecule has 10 heteroatoms. The molecular weight excluding hydrogens is 463 g/mol. The number of fused-ring (bicyclic) bond motifs is 1. The maximum absolute atomic E-state index is 13.3. The fourth-order valence-electron chi connectivity index (χ4n) is 3.36. The van der Waals surface area contributed by atoms with Gasteiger partial charge in [-0.3, -0.25) is 4.79 Å². The maximum Gasteiger partial charge on any atom is 0.230 e. The number of halogens is 1. The van der Waals surface area contributed by atoms with Gasteiger partial charge in [0.25, 0.3) is 0 Å². The Bertz CT molecular complexity index is 1110. The Balaban J connectivity index is 1.34. The molecule has 1 amide bonds. The van der Waals surface area contributed by atoms with Gasteiger partial charge in [0, 0.05) is 12.1 Å². The van der Waals surface area contributed by atoms with Crippen molar-refractivity contribution in [2.24, 2.45) is 5.92 Å². The van der Waals surface area contributed by atoms with Gasteiger partial charge >= 0.3 is 0 Å². The molecule has 0 aliphatic carbocycles. The summed E-state index contributed by atoms with van der Waals surface area (Å²) < 4.78 is 25.5. The Labute approximate surface area is 200 Å². The standard InChI is InChI=1S/C23H25FN4O3S2/c1-14(2)21(15-7-8-18-19(11-15)31-10-4-9-30-18)26-20(29)13-32-23-28-27-22(33-23)25-17-6-3-5-16(24)12-17/h3,5-8,11-12,14,21H,4,9-10,13H2,1-2H3,(H,25,27)(H,26,29). The van der Waals surface area contributed by atoms with Crippen LogP contribution in [-0.2, 0) is 4.79 Å². The zero-order valence-electron chi connectivity index (χ0n) is 18.3. The first kappa shape index (κ1) is 23.3. The first-order valence-electron chi connectivity index (χ1n) is 10.7. The number of nitrogens with one attached hydrogen (secondary N) is 2. The molecule has 0 radical (unpaired) electrons. The molecule has 2 heterocycles. The molecule has 0 saturated heterocycles. The minimum Gasteiger partial charge on any atom is -0.490 e. The molecule has 174 valence electrons. The lowest BCUT2D eigenvalue weighted by Crippen LogP contribution is -2.33. The lowest BCUT2D eigenvalue weighted by atomic mass is 9.95. The summed E-state index contributed by atoms with van der Waals surface area (Å²) >= 11 is 2.62. The van der Waals surface area contributed by atoms with Crippen molar-refractivity contribution >= 4 is 39.8 Å². The number of benzene rings is 2. The molecule has 1 aliphatic heterocycles. The smallest absolute Gasteiger partial charge is 0.230 e. The Morgan fingerprint density at radius 2 is 1.97 bits per heavy atom. The van der Waals surface area contributed by atoms with E-state index >= 15 is 0 Å². The second kappa shape index (κ2) is 10.8. The van der Waals surface area contributed by atoms with Gasteiger partial charge in [-0.15, -0.1) is 10.2 Å². The number of carbonyl (C=O) groups excluding carboxylic acids is 1. The Kier molecular flexibility index (Phi) is 7.66. The van der Waals surface area contributed by atoms with Gasteiger partial charge < -0.3 is 20.1 Å². The van der Waals surface area contributed by atoms with E-state index in [1.807, 2.05) is 18.2 Å². The van der Waals surface area contributed by atoms with Crippen LogP contribution in [0.4, 0.5) is 15.2 Å². The summed E-state index contributed by atoms with van der Waals surface area (Å²) in [7, 11) is 0. The van der Waals surface area contributed by atoms with Gasteiger partial charge in [-0.2, -0.15) is 0 Å². The van der Waals surface area contributed by atoms with Gasteiger partial charge in [-0.1, -0.05) is 49.1 Å². The third kappa shape index (κ3) is 6.35. The van der Waals surface area contributed by atoms with Crippen molar-refractivity contribution in [1.29, 1.82) is 0 Å². The normalized spacial score (nSPS) is 13.9. The molecule has 0 saturated carbocycles. The van der Waals surface area contributed by atoms with Crippen molar-refractivity contribution in [2.45, 2.75) is 30.6 Å². The molecule has 1 unspecified atom stereocenters. The second-order valence-corrected chi connectivity index (χ2v) is 10.0. The molecule has 0 spiro atoms. The van der Waals surface area contributed by atoms with E-state index in [0.717, 1.165) is 17.7 Å². The molecule has 0 fully saturated rings. The zero-order valence-corrected chi connectivity index (χ0v) is 20.0. The van der Waals surface area contributed by atoms with Gasteiger partial charge in [-0.25, -0.2) is 4.39 Å². The zero-order chi connectivity index (χ0) is 23.2. The van der Waals surface area contributed by atoms with Crippen LogP contribution in [0.3, 0.4) is 0 Å². The molecule has 3 aromatic rings. The lowest BCUT2D eigenvalue weighted by Gasteiger charge is -2.23. The number of rotatable bonds is 8. The van der Waals surface area contributed by atoms with Crippen molar-refractivity contribution in [3.05, 3.63) is 53.8 Å². The van der Waals surface area contributed by atoms with Crippen LogP contribution in [0.1, 0.15) is 31.9 Å². The summed E-state index contributed by atoms with van der Waals surface area (Å²) in [4.78, 5) is 12.7. The third-order valence-electron chi connectivity index (χ3n) is 4.92. The average Bonchev–Trinajstić information content (AvgIpc) is 3.10. The van der Waals surface area contributed by atoms with Gasteiger partial charge in [0.05, 0.1) is 25.0 Å². The number of nitrogens with zero attached hydrogens (tertiary/aromatic N) is 2. The summed E-state index contributed by atoms with van der Waals surface area (Å²) in [6.07, 6.45) is 0.844. The highest BCUT2D eigenvalue weighted by atomic mass is 32.2. The first-order chi connectivity index (χ1) is 16.0. The van der Waals surface area contributed by atoms with Crippen molar-refractivity contribution in [2.75, 3.05) is 24.3 Å². The molecule has 1 aromatic heterocycles. The molecule has 0 bridgehead atoms. The Morgan fingerprint density at radius 1 is 1.15 bits per heavy atom. The molecular formula is C23H25FN4O3S2. The van der Waals surface area contributed by atoms with Crippen molar-refractivity contribution in [1.82, 2.24) is 15.5 Å². The lowest BCUT2D eigenvalue weighted by molar-refractivity contribution is -0.119. The van der Waals surface area contributed by atoms with Gasteiger partial charge in [-0.05, 0) is 41.8 Å². The van der Waals surface area contributed by atoms with E-state index in [1.165, 1.54) is 35.2 Å². The van der Waals surface area contributed by atoms with Crippen LogP contribution < -0.4 is 20.1 Å². The van der Waals surface area contributed by atoms with Crippen molar-refractivity contribution in [3.8, 4) is 11.5 Å². The topological polar surface area (TPSA) is 85.4 Å². The number of ether oxygens (including phenoxy) is 2. The predicted octanol–water partition coefficient (Wildman–Crippen LogP) is 5.19. The molecule has 7 nitrogen and oxygen atoms in total. The number of aromatic nitrogens is 2. The van der Waals surface area contributed by atoms with Crippen LogP contribution in [0.2, 0.25) is 0 Å². The van der Waals surface area contributed by atoms with E-state index < -0.39 is 0 Å². The van der Waals surface area contributed by atoms with Crippen LogP contribution in [0.5, 0.6) is 11.5 Å². The van der Waals surface area contributed by atoms with Crippen LogP contribution in [0.25, 0.3) is 0 Å². The molecule has 4 rings (SSSR count). The highest BCUT2D eigenvalue weighted by molar-refractivity contribution is 8.01. The quantitative estimate of drug-likeness (QED) is 0.422. The van der Waals surface area contributed by atoms with Crippen LogP contribution in [0.15, 0.2) is 46.8 Å². The minimum atomic E-state index is -0.330. The van der Waals surface area contributed by atoms with Crippen molar-refractivity contribution < 1.29 is 18.7 Å². The molecule has 2 N–H and O–H groups in total. The van der Waals surface area contributed by atoms with Crippen molar-refractivity contribution in [3.63, 3.8) is 0 Å². The molecule has 2 aromatic carbocycles. The number of thioether (sulfide) groups is 1. The number of hydrogen-bond donors (Lipinski definition) is 2. The highest BCUT2D eigenvalue weighted by Crippen LogP contribution is 2.34. The number of amides is 1. The van der Waals surface area contributed by atoms with E-state index in [9.17, 15) is 9.18 Å². The highest BCUT2D eigenvalue weighted by Gasteiger charge is 2.21. The summed E-state index contributed by atoms with van der Waals surface area (Å²) in [6.45, 7) is 5.38. The summed E-state index contributed by atoms with van der Waals surface area (Å²) in [5.74, 6) is 1.42. The van der Waals surface area contributed by atoms with Gasteiger partial charge in [0.2, 0.25) is 11.0 Å². The van der Waals surface area contributed by atoms with E-state index in [-0.39, 0.29) is 29.4 Å². The third-order valence-corrected chi connectivity index (χ3v) is 6.89. The fraction of sp³-hybridized carbons (Fsp3) is 0.348. The Morgan fingerprint density at radius 3 is 2.76 bits per heavy atom. The van der Waals surface area contributed by atoms with Gasteiger partial charge in [0.15, 0.2) is 15.8 Å². The molecule has 1 atom stereocenters. The number of carbonyl (C=O) groups is 1. The van der Waals surface area contributed by atoms with Crippen LogP contribution in [-0.4, -0.2) is 35.1 Å². The van der Waals surface area contributed by atoms with E-state index in [2.05, 4.69) is 34.7 Å². The van der Waals surface area contributed by atoms with Crippen LogP contribution in [0, 0.1) is 11.7 Å². The van der Waals surface area contributed by atoms with Gasteiger partial charge in [0.1, 0.15) is 5.82 Å². The summed E-state index contributed by atoms with van der Waals surface area (Å²) in [5.41, 5.74) is 1.57. The van der Waals surface area contributed by atoms with E-state index in [0.29, 0.717) is 34.1 Å². The first-order valence-corrected chi connectivity index (χ1v) is 12.5. The van der Waals surface area contributed by atoms with E-state index in [1.54, 1.807) is 12.1 Å². The summed E-state index contributed by atoms with van der Waals surface area (Å²) in [6, 6.07) is 11.8. The fourth-order valence-corrected chi connectivity index (χ4v) is 4.94. The minimum absolute atomic E-state index is 0.0966. The predicted molar refractivity (Wildman–Crippen MR) is 128 cm³/mol. The van der Waals surface area contributed by atoms with Crippen LogP contribution >= 0.6 is 23.1 Å².